The molecule has 0 atom stereocenters. The molecule has 7 nitrogen and oxygen atoms in total. The van der Waals surface area contributed by atoms with Gasteiger partial charge in [0, 0.05) is 34.9 Å². The largest absolute Gasteiger partial charge is 0.364 e. The van der Waals surface area contributed by atoms with Crippen molar-refractivity contribution in [1.29, 1.82) is 0 Å². The Morgan fingerprint density at radius 3 is 2.43 bits per heavy atom. The van der Waals surface area contributed by atoms with E-state index in [0.717, 1.165) is 33.4 Å². The van der Waals surface area contributed by atoms with Crippen LogP contribution in [0.4, 0.5) is 10.1 Å². The number of benzene rings is 3. The lowest BCUT2D eigenvalue weighted by Gasteiger charge is -2.08. The Kier molecular flexibility index (Phi) is 5.85. The summed E-state index contributed by atoms with van der Waals surface area (Å²) in [6, 6.07) is 22.9. The Bertz CT molecular complexity index is 1520. The monoisotopic (exact) mass is 467 g/mol. The highest BCUT2D eigenvalue weighted by Gasteiger charge is 2.15. The van der Waals surface area contributed by atoms with Crippen LogP contribution in [0, 0.1) is 5.82 Å². The lowest BCUT2D eigenvalue weighted by Crippen LogP contribution is -2.13. The van der Waals surface area contributed by atoms with Gasteiger partial charge in [-0.15, -0.1) is 0 Å². The van der Waals surface area contributed by atoms with Crippen LogP contribution in [0.1, 0.15) is 22.5 Å². The van der Waals surface area contributed by atoms with E-state index in [1.165, 1.54) is 12.1 Å². The quantitative estimate of drug-likeness (QED) is 0.319. The van der Waals surface area contributed by atoms with Crippen LogP contribution in [-0.2, 0) is 11.2 Å². The summed E-state index contributed by atoms with van der Waals surface area (Å²) in [7, 11) is 0. The Balaban J connectivity index is 1.30. The van der Waals surface area contributed by atoms with E-state index >= 15 is 0 Å². The summed E-state index contributed by atoms with van der Waals surface area (Å²) < 4.78 is 15.0. The normalized spacial score (nSPS) is 11.0. The van der Waals surface area contributed by atoms with Gasteiger partial charge in [0.25, 0.3) is 5.91 Å². The Hall–Kier alpha value is -4.72. The number of nitrogens with one attached hydrogen (secondary N) is 2. The van der Waals surface area contributed by atoms with Gasteiger partial charge in [-0.05, 0) is 78.2 Å². The van der Waals surface area contributed by atoms with Crippen LogP contribution < -0.4 is 11.1 Å². The third-order valence-corrected chi connectivity index (χ3v) is 5.81. The van der Waals surface area contributed by atoms with Crippen LogP contribution in [-0.4, -0.2) is 26.6 Å². The number of carbonyl (C=O) groups is 2. The molecule has 5 rings (SSSR count). The number of aromatic nitrogens is 3. The third-order valence-electron chi connectivity index (χ3n) is 5.81. The maximum Gasteiger partial charge on any atom is 0.269 e. The molecule has 0 unspecified atom stereocenters. The van der Waals surface area contributed by atoms with E-state index in [4.69, 9.17) is 5.73 Å². The molecule has 0 bridgehead atoms. The van der Waals surface area contributed by atoms with Crippen molar-refractivity contribution in [2.24, 2.45) is 5.73 Å². The number of hydrogen-bond donors (Lipinski definition) is 3. The Morgan fingerprint density at radius 2 is 1.71 bits per heavy atom. The maximum absolute atomic E-state index is 13.4. The summed E-state index contributed by atoms with van der Waals surface area (Å²) in [5, 5.41) is 8.08. The molecule has 3 aromatic carbocycles. The van der Waals surface area contributed by atoms with Crippen LogP contribution in [0.3, 0.4) is 0 Å². The topological polar surface area (TPSA) is 106 Å². The average Bonchev–Trinajstić information content (AvgIpc) is 3.49. The second kappa shape index (κ2) is 9.26. The zero-order valence-corrected chi connectivity index (χ0v) is 18.7. The van der Waals surface area contributed by atoms with E-state index in [2.05, 4.69) is 15.4 Å². The fourth-order valence-electron chi connectivity index (χ4n) is 4.08. The van der Waals surface area contributed by atoms with Gasteiger partial charge in [-0.2, -0.15) is 5.10 Å². The van der Waals surface area contributed by atoms with E-state index < -0.39 is 5.91 Å². The first-order valence-electron chi connectivity index (χ1n) is 11.1. The molecule has 2 heterocycles. The number of fused-ring (bicyclic) bond motifs is 1. The number of H-pyrrole nitrogens is 1. The predicted molar refractivity (Wildman–Crippen MR) is 133 cm³/mol. The van der Waals surface area contributed by atoms with Gasteiger partial charge in [0.1, 0.15) is 11.5 Å². The second-order valence-corrected chi connectivity index (χ2v) is 8.14. The standard InChI is InChI=1S/C27H22FN5O2/c28-18-7-5-17(6-8-18)26-22(21-3-1-2-4-23(21)31-26)13-14-25(34)30-19-9-11-20(12-10-19)33-16-15-24(32-33)27(29)35/h1-12,15-16,31H,13-14H2,(H2,29,35)(H,30,34). The number of aromatic amines is 1. The summed E-state index contributed by atoms with van der Waals surface area (Å²) >= 11 is 0. The third kappa shape index (κ3) is 4.67. The van der Waals surface area contributed by atoms with Crippen molar-refractivity contribution >= 4 is 28.4 Å². The van der Waals surface area contributed by atoms with Crippen molar-refractivity contribution < 1.29 is 14.0 Å². The summed E-state index contributed by atoms with van der Waals surface area (Å²) in [4.78, 5) is 27.4. The molecule has 2 aromatic heterocycles. The first-order valence-corrected chi connectivity index (χ1v) is 11.1. The molecule has 0 spiro atoms. The molecular formula is C27H22FN5O2. The Labute approximate surface area is 200 Å². The van der Waals surface area contributed by atoms with Crippen molar-refractivity contribution in [3.63, 3.8) is 0 Å². The van der Waals surface area contributed by atoms with Gasteiger partial charge in [0.05, 0.1) is 5.69 Å². The Morgan fingerprint density at radius 1 is 0.971 bits per heavy atom. The highest BCUT2D eigenvalue weighted by atomic mass is 19.1. The second-order valence-electron chi connectivity index (χ2n) is 8.14. The molecule has 0 saturated carbocycles. The van der Waals surface area contributed by atoms with Gasteiger partial charge in [0.2, 0.25) is 5.91 Å². The van der Waals surface area contributed by atoms with Crippen molar-refractivity contribution in [3.05, 3.63) is 102 Å². The highest BCUT2D eigenvalue weighted by molar-refractivity contribution is 5.94. The molecule has 35 heavy (non-hydrogen) atoms. The van der Waals surface area contributed by atoms with Gasteiger partial charge < -0.3 is 16.0 Å². The van der Waals surface area contributed by atoms with Crippen molar-refractivity contribution in [1.82, 2.24) is 14.8 Å². The molecule has 174 valence electrons. The van der Waals surface area contributed by atoms with E-state index in [0.29, 0.717) is 12.1 Å². The summed E-state index contributed by atoms with van der Waals surface area (Å²) in [5.41, 5.74) is 10.6. The van der Waals surface area contributed by atoms with Crippen molar-refractivity contribution in [2.45, 2.75) is 12.8 Å². The van der Waals surface area contributed by atoms with Gasteiger partial charge in [-0.3, -0.25) is 9.59 Å². The van der Waals surface area contributed by atoms with Crippen LogP contribution in [0.5, 0.6) is 0 Å². The highest BCUT2D eigenvalue weighted by Crippen LogP contribution is 2.31. The van der Waals surface area contributed by atoms with E-state index in [1.54, 1.807) is 53.3 Å². The molecule has 2 amide bonds. The molecule has 0 saturated heterocycles. The minimum atomic E-state index is -0.592. The first-order chi connectivity index (χ1) is 17.0. The van der Waals surface area contributed by atoms with Gasteiger partial charge in [0.15, 0.2) is 0 Å². The molecule has 8 heteroatoms. The first kappa shape index (κ1) is 22.1. The summed E-state index contributed by atoms with van der Waals surface area (Å²) in [6.45, 7) is 0. The number of nitrogens with zero attached hydrogens (tertiary/aromatic N) is 2. The summed E-state index contributed by atoms with van der Waals surface area (Å²) in [5.74, 6) is -1.01. The predicted octanol–water partition coefficient (Wildman–Crippen LogP) is 4.83. The molecule has 0 aliphatic heterocycles. The molecule has 0 aliphatic rings. The van der Waals surface area contributed by atoms with E-state index in [1.807, 2.05) is 24.3 Å². The van der Waals surface area contributed by atoms with Gasteiger partial charge in [-0.1, -0.05) is 18.2 Å². The molecule has 0 aliphatic carbocycles. The fourth-order valence-corrected chi connectivity index (χ4v) is 4.08. The van der Waals surface area contributed by atoms with Crippen LogP contribution >= 0.6 is 0 Å². The minimum absolute atomic E-state index is 0.122. The molecule has 0 fully saturated rings. The number of halogens is 1. The zero-order chi connectivity index (χ0) is 24.4. The number of rotatable bonds is 7. The number of primary amides is 1. The van der Waals surface area contributed by atoms with E-state index in [9.17, 15) is 14.0 Å². The van der Waals surface area contributed by atoms with Crippen LogP contribution in [0.25, 0.3) is 27.8 Å². The van der Waals surface area contributed by atoms with Crippen LogP contribution in [0.2, 0.25) is 0 Å². The number of nitrogens with two attached hydrogens (primary N) is 1. The number of aryl methyl sites for hydroxylation is 1. The molecular weight excluding hydrogens is 445 g/mol. The molecule has 5 aromatic rings. The molecule has 4 N–H and O–H groups in total. The fraction of sp³-hybridized carbons (Fsp3) is 0.0741. The van der Waals surface area contributed by atoms with Gasteiger partial charge in [-0.25, -0.2) is 9.07 Å². The minimum Gasteiger partial charge on any atom is -0.364 e. The van der Waals surface area contributed by atoms with Crippen molar-refractivity contribution in [2.75, 3.05) is 5.32 Å². The summed E-state index contributed by atoms with van der Waals surface area (Å²) in [6.07, 6.45) is 2.44. The number of anilines is 1. The maximum atomic E-state index is 13.4. The SMILES string of the molecule is NC(=O)c1ccn(-c2ccc(NC(=O)CCc3c(-c4ccc(F)cc4)[nH]c4ccccc34)cc2)n1. The van der Waals surface area contributed by atoms with Crippen LogP contribution in [0.15, 0.2) is 85.1 Å². The number of carbonyl (C=O) groups excluding carboxylic acids is 2. The number of para-hydroxylation sites is 1. The number of hydrogen-bond acceptors (Lipinski definition) is 3. The lowest BCUT2D eigenvalue weighted by atomic mass is 10.0. The molecule has 0 radical (unpaired) electrons. The average molecular weight is 468 g/mol. The number of amides is 2. The van der Waals surface area contributed by atoms with Gasteiger partial charge >= 0.3 is 0 Å². The smallest absolute Gasteiger partial charge is 0.269 e. The van der Waals surface area contributed by atoms with E-state index in [-0.39, 0.29) is 23.8 Å². The lowest BCUT2D eigenvalue weighted by molar-refractivity contribution is -0.116. The zero-order valence-electron chi connectivity index (χ0n) is 18.7. The van der Waals surface area contributed by atoms with Crippen molar-refractivity contribution in [3.8, 4) is 16.9 Å².